The van der Waals surface area contributed by atoms with Gasteiger partial charge in [0.1, 0.15) is 0 Å². The van der Waals surface area contributed by atoms with Gasteiger partial charge in [0.2, 0.25) is 0 Å². The molecule has 86 valence electrons. The summed E-state index contributed by atoms with van der Waals surface area (Å²) in [6.07, 6.45) is 2.84. The standard InChI is InChI=1S/C11H19NO3/c1-4-8(5-2)10(13)15-11(14)9(6-3)7-12/h7-9,12H,4-6H2,1-3H3. The monoisotopic (exact) mass is 213 g/mol. The smallest absolute Gasteiger partial charge is 0.321 e. The number of ether oxygens (including phenoxy) is 1. The highest BCUT2D eigenvalue weighted by Gasteiger charge is 2.23. The van der Waals surface area contributed by atoms with Gasteiger partial charge in [-0.1, -0.05) is 20.8 Å². The molecule has 1 unspecified atom stereocenters. The number of esters is 2. The van der Waals surface area contributed by atoms with Crippen molar-refractivity contribution in [2.24, 2.45) is 11.8 Å². The van der Waals surface area contributed by atoms with E-state index in [2.05, 4.69) is 0 Å². The van der Waals surface area contributed by atoms with Gasteiger partial charge in [-0.05, 0) is 19.3 Å². The van der Waals surface area contributed by atoms with Gasteiger partial charge in [0.15, 0.2) is 0 Å². The van der Waals surface area contributed by atoms with Crippen LogP contribution in [0.25, 0.3) is 0 Å². The van der Waals surface area contributed by atoms with E-state index in [-0.39, 0.29) is 5.92 Å². The SMILES string of the molecule is CCC(C=N)C(=O)OC(=O)C(CC)CC. The predicted octanol–water partition coefficient (Wildman–Crippen LogP) is 2.17. The summed E-state index contributed by atoms with van der Waals surface area (Å²) < 4.78 is 4.71. The Morgan fingerprint density at radius 2 is 1.67 bits per heavy atom. The van der Waals surface area contributed by atoms with Gasteiger partial charge >= 0.3 is 11.9 Å². The van der Waals surface area contributed by atoms with E-state index in [1.54, 1.807) is 6.92 Å². The molecule has 4 heteroatoms. The van der Waals surface area contributed by atoms with Gasteiger partial charge in [-0.25, -0.2) is 0 Å². The first kappa shape index (κ1) is 13.8. The van der Waals surface area contributed by atoms with Crippen molar-refractivity contribution in [3.63, 3.8) is 0 Å². The number of hydrogen-bond acceptors (Lipinski definition) is 4. The first-order valence-electron chi connectivity index (χ1n) is 5.36. The molecule has 0 rings (SSSR count). The molecule has 15 heavy (non-hydrogen) atoms. The van der Waals surface area contributed by atoms with E-state index in [0.29, 0.717) is 19.3 Å². The van der Waals surface area contributed by atoms with Gasteiger partial charge in [0.25, 0.3) is 0 Å². The van der Waals surface area contributed by atoms with Crippen LogP contribution in [0.2, 0.25) is 0 Å². The van der Waals surface area contributed by atoms with E-state index in [1.807, 2.05) is 13.8 Å². The van der Waals surface area contributed by atoms with Crippen molar-refractivity contribution in [3.8, 4) is 0 Å². The number of carbonyl (C=O) groups excluding carboxylic acids is 2. The molecule has 1 atom stereocenters. The van der Waals surface area contributed by atoms with Crippen molar-refractivity contribution in [2.75, 3.05) is 0 Å². The van der Waals surface area contributed by atoms with Crippen LogP contribution in [0, 0.1) is 17.2 Å². The van der Waals surface area contributed by atoms with Crippen LogP contribution in [0.3, 0.4) is 0 Å². The number of rotatable bonds is 6. The highest BCUT2D eigenvalue weighted by atomic mass is 16.6. The Hall–Kier alpha value is -1.19. The summed E-state index contributed by atoms with van der Waals surface area (Å²) in [6, 6.07) is 0. The van der Waals surface area contributed by atoms with Gasteiger partial charge in [0.05, 0.1) is 11.8 Å². The van der Waals surface area contributed by atoms with Crippen molar-refractivity contribution >= 4 is 18.2 Å². The normalized spacial score (nSPS) is 12.3. The maximum absolute atomic E-state index is 11.4. The molecule has 0 aromatic rings. The molecule has 1 N–H and O–H groups in total. The molecule has 0 aromatic heterocycles. The molecule has 0 aromatic carbocycles. The van der Waals surface area contributed by atoms with E-state index >= 15 is 0 Å². The van der Waals surface area contributed by atoms with Crippen molar-refractivity contribution in [1.29, 1.82) is 5.41 Å². The largest absolute Gasteiger partial charge is 0.392 e. The summed E-state index contributed by atoms with van der Waals surface area (Å²) in [6.45, 7) is 5.54. The molecule has 4 nitrogen and oxygen atoms in total. The van der Waals surface area contributed by atoms with E-state index in [4.69, 9.17) is 10.1 Å². The summed E-state index contributed by atoms with van der Waals surface area (Å²) in [5.41, 5.74) is 0. The highest BCUT2D eigenvalue weighted by Crippen LogP contribution is 2.11. The van der Waals surface area contributed by atoms with E-state index < -0.39 is 17.9 Å². The third kappa shape index (κ3) is 4.23. The van der Waals surface area contributed by atoms with Crippen molar-refractivity contribution < 1.29 is 14.3 Å². The fourth-order valence-corrected chi connectivity index (χ4v) is 1.23. The lowest BCUT2D eigenvalue weighted by atomic mass is 10.0. The Morgan fingerprint density at radius 1 is 1.13 bits per heavy atom. The summed E-state index contributed by atoms with van der Waals surface area (Å²) in [5.74, 6) is -1.88. The third-order valence-corrected chi connectivity index (χ3v) is 2.46. The van der Waals surface area contributed by atoms with Crippen molar-refractivity contribution in [1.82, 2.24) is 0 Å². The first-order valence-corrected chi connectivity index (χ1v) is 5.36. The molecule has 0 saturated carbocycles. The van der Waals surface area contributed by atoms with Crippen LogP contribution in [0.15, 0.2) is 0 Å². The van der Waals surface area contributed by atoms with E-state index in [1.165, 1.54) is 0 Å². The van der Waals surface area contributed by atoms with Crippen LogP contribution in [0.1, 0.15) is 40.0 Å². The maximum Gasteiger partial charge on any atom is 0.321 e. The van der Waals surface area contributed by atoms with Gasteiger partial charge in [-0.3, -0.25) is 9.59 Å². The van der Waals surface area contributed by atoms with Crippen LogP contribution >= 0.6 is 0 Å². The Kier molecular flexibility index (Phi) is 6.58. The molecule has 0 saturated heterocycles. The topological polar surface area (TPSA) is 67.2 Å². The molecule has 0 aliphatic heterocycles. The minimum atomic E-state index is -0.607. The van der Waals surface area contributed by atoms with Crippen LogP contribution in [0.4, 0.5) is 0 Å². The molecule has 0 amide bonds. The van der Waals surface area contributed by atoms with Crippen molar-refractivity contribution in [2.45, 2.75) is 40.0 Å². The van der Waals surface area contributed by atoms with Gasteiger partial charge in [-0.15, -0.1) is 0 Å². The first-order chi connectivity index (χ1) is 7.10. The lowest BCUT2D eigenvalue weighted by Gasteiger charge is -2.12. The zero-order chi connectivity index (χ0) is 11.8. The summed E-state index contributed by atoms with van der Waals surface area (Å²) in [4.78, 5) is 22.8. The second kappa shape index (κ2) is 7.15. The lowest BCUT2D eigenvalue weighted by molar-refractivity contribution is -0.164. The second-order valence-electron chi connectivity index (χ2n) is 3.43. The molecule has 0 aliphatic rings. The zero-order valence-electron chi connectivity index (χ0n) is 9.58. The Morgan fingerprint density at radius 3 is 2.00 bits per heavy atom. The van der Waals surface area contributed by atoms with Gasteiger partial charge in [-0.2, -0.15) is 0 Å². The van der Waals surface area contributed by atoms with Crippen LogP contribution in [0.5, 0.6) is 0 Å². The van der Waals surface area contributed by atoms with E-state index in [9.17, 15) is 9.59 Å². The van der Waals surface area contributed by atoms with Crippen molar-refractivity contribution in [3.05, 3.63) is 0 Å². The fourth-order valence-electron chi connectivity index (χ4n) is 1.23. The Balaban J connectivity index is 4.27. The Labute approximate surface area is 90.5 Å². The lowest BCUT2D eigenvalue weighted by Crippen LogP contribution is -2.25. The van der Waals surface area contributed by atoms with Crippen LogP contribution in [-0.4, -0.2) is 18.2 Å². The molecule has 0 radical (unpaired) electrons. The number of nitrogens with one attached hydrogen (secondary N) is 1. The summed E-state index contributed by atoms with van der Waals surface area (Å²) >= 11 is 0. The average molecular weight is 213 g/mol. The molecular weight excluding hydrogens is 194 g/mol. The minimum absolute atomic E-state index is 0.211. The molecule has 0 bridgehead atoms. The maximum atomic E-state index is 11.4. The molecular formula is C11H19NO3. The minimum Gasteiger partial charge on any atom is -0.392 e. The second-order valence-corrected chi connectivity index (χ2v) is 3.43. The Bertz CT molecular complexity index is 234. The number of hydrogen-bond donors (Lipinski definition) is 1. The molecule has 0 fully saturated rings. The van der Waals surface area contributed by atoms with E-state index in [0.717, 1.165) is 6.21 Å². The zero-order valence-corrected chi connectivity index (χ0v) is 9.58. The van der Waals surface area contributed by atoms with Crippen LogP contribution in [-0.2, 0) is 14.3 Å². The highest BCUT2D eigenvalue weighted by molar-refractivity contribution is 5.95. The van der Waals surface area contributed by atoms with Gasteiger partial charge in [0, 0.05) is 6.21 Å². The molecule has 0 spiro atoms. The number of carbonyl (C=O) groups is 2. The van der Waals surface area contributed by atoms with Gasteiger partial charge < -0.3 is 10.1 Å². The fraction of sp³-hybridized carbons (Fsp3) is 0.727. The summed E-state index contributed by atoms with van der Waals surface area (Å²) in [7, 11) is 0. The quantitative estimate of drug-likeness (QED) is 0.417. The average Bonchev–Trinajstić information content (AvgIpc) is 2.21. The summed E-state index contributed by atoms with van der Waals surface area (Å²) in [5, 5.41) is 6.99. The predicted molar refractivity (Wildman–Crippen MR) is 57.7 cm³/mol. The third-order valence-electron chi connectivity index (χ3n) is 2.46. The molecule has 0 aliphatic carbocycles. The van der Waals surface area contributed by atoms with Crippen LogP contribution < -0.4 is 0 Å². The molecule has 0 heterocycles.